The molecule has 0 amide bonds. The van der Waals surface area contributed by atoms with Crippen LogP contribution in [-0.4, -0.2) is 0 Å². The van der Waals surface area contributed by atoms with E-state index in [9.17, 15) is 0 Å². The molecule has 11 heavy (non-hydrogen) atoms. The topological polar surface area (TPSA) is 0 Å². The van der Waals surface area contributed by atoms with Crippen LogP contribution in [0.25, 0.3) is 0 Å². The summed E-state index contributed by atoms with van der Waals surface area (Å²) in [5.41, 5.74) is 1.56. The zero-order valence-corrected chi connectivity index (χ0v) is 8.48. The Kier molecular flexibility index (Phi) is 6.30. The average molecular weight is 154 g/mol. The average Bonchev–Trinajstić information content (AvgIpc) is 2.01. The Morgan fingerprint density at radius 1 is 1.36 bits per heavy atom. The maximum atomic E-state index is 2.34. The molecule has 0 bridgehead atoms. The van der Waals surface area contributed by atoms with Crippen LogP contribution in [0.3, 0.4) is 0 Å². The van der Waals surface area contributed by atoms with Crippen molar-refractivity contribution < 1.29 is 0 Å². The Hall–Kier alpha value is -0.260. The Morgan fingerprint density at radius 2 is 2.00 bits per heavy atom. The van der Waals surface area contributed by atoms with E-state index in [0.29, 0.717) is 0 Å². The van der Waals surface area contributed by atoms with E-state index in [-0.39, 0.29) is 0 Å². The van der Waals surface area contributed by atoms with E-state index in [4.69, 9.17) is 0 Å². The summed E-state index contributed by atoms with van der Waals surface area (Å²) in [6.45, 7) is 9.04. The van der Waals surface area contributed by atoms with Crippen molar-refractivity contribution in [3.63, 3.8) is 0 Å². The Balaban J connectivity index is 3.45. The molecule has 1 unspecified atom stereocenters. The van der Waals surface area contributed by atoms with E-state index in [2.05, 4.69) is 33.8 Å². The van der Waals surface area contributed by atoms with E-state index < -0.39 is 0 Å². The van der Waals surface area contributed by atoms with Gasteiger partial charge in [-0.05, 0) is 32.1 Å². The summed E-state index contributed by atoms with van der Waals surface area (Å²) < 4.78 is 0. The zero-order valence-electron chi connectivity index (χ0n) is 8.48. The van der Waals surface area contributed by atoms with Gasteiger partial charge < -0.3 is 0 Å². The summed E-state index contributed by atoms with van der Waals surface area (Å²) in [5, 5.41) is 0. The first-order chi connectivity index (χ1) is 5.20. The van der Waals surface area contributed by atoms with Gasteiger partial charge in [0, 0.05) is 0 Å². The van der Waals surface area contributed by atoms with Gasteiger partial charge in [-0.3, -0.25) is 0 Å². The second-order valence-corrected chi connectivity index (χ2v) is 3.51. The molecule has 0 spiro atoms. The Bertz CT molecular complexity index is 111. The summed E-state index contributed by atoms with van der Waals surface area (Å²) in [4.78, 5) is 0. The third-order valence-corrected chi connectivity index (χ3v) is 2.28. The summed E-state index contributed by atoms with van der Waals surface area (Å²) in [6, 6.07) is 0. The van der Waals surface area contributed by atoms with Gasteiger partial charge in [0.1, 0.15) is 0 Å². The van der Waals surface area contributed by atoms with E-state index in [1.165, 1.54) is 25.7 Å². The lowest BCUT2D eigenvalue weighted by Crippen LogP contribution is -1.91. The normalized spacial score (nSPS) is 15.1. The summed E-state index contributed by atoms with van der Waals surface area (Å²) >= 11 is 0. The van der Waals surface area contributed by atoms with Crippen molar-refractivity contribution in [3.05, 3.63) is 11.6 Å². The first-order valence-corrected chi connectivity index (χ1v) is 4.86. The van der Waals surface area contributed by atoms with Gasteiger partial charge in [-0.2, -0.15) is 0 Å². The molecule has 0 nitrogen and oxygen atoms in total. The number of rotatable bonds is 5. The van der Waals surface area contributed by atoms with Crippen molar-refractivity contribution in [1.29, 1.82) is 0 Å². The lowest BCUT2D eigenvalue weighted by atomic mass is 9.99. The molecule has 0 radical (unpaired) electrons. The fourth-order valence-corrected chi connectivity index (χ4v) is 1.13. The van der Waals surface area contributed by atoms with Gasteiger partial charge in [-0.1, -0.05) is 38.8 Å². The van der Waals surface area contributed by atoms with Gasteiger partial charge in [0.2, 0.25) is 0 Å². The van der Waals surface area contributed by atoms with E-state index in [1.807, 2.05) is 0 Å². The van der Waals surface area contributed by atoms with Crippen molar-refractivity contribution in [2.24, 2.45) is 5.92 Å². The third kappa shape index (κ3) is 6.15. The molecule has 0 aromatic carbocycles. The second-order valence-electron chi connectivity index (χ2n) is 3.51. The van der Waals surface area contributed by atoms with Gasteiger partial charge in [-0.25, -0.2) is 0 Å². The summed E-state index contributed by atoms with van der Waals surface area (Å²) in [5.74, 6) is 0.898. The molecule has 0 aromatic heterocycles. The third-order valence-electron chi connectivity index (χ3n) is 2.28. The minimum Gasteiger partial charge on any atom is -0.0859 e. The van der Waals surface area contributed by atoms with Crippen LogP contribution in [-0.2, 0) is 0 Å². The molecule has 0 aromatic rings. The predicted octanol–water partition coefficient (Wildman–Crippen LogP) is 4.17. The van der Waals surface area contributed by atoms with Gasteiger partial charge in [0.15, 0.2) is 0 Å². The molecule has 0 saturated heterocycles. The standard InChI is InChI=1S/C11H22/c1-5-7-11(4)9-8-10(3)6-2/h7,10H,5-6,8-9H2,1-4H3/b11-7-. The fourth-order valence-electron chi connectivity index (χ4n) is 1.13. The van der Waals surface area contributed by atoms with Gasteiger partial charge in [0.25, 0.3) is 0 Å². The monoisotopic (exact) mass is 154 g/mol. The van der Waals surface area contributed by atoms with Crippen molar-refractivity contribution in [1.82, 2.24) is 0 Å². The van der Waals surface area contributed by atoms with Crippen LogP contribution in [0, 0.1) is 5.92 Å². The molecular formula is C11H22. The molecule has 0 heteroatoms. The van der Waals surface area contributed by atoms with Crippen molar-refractivity contribution in [3.8, 4) is 0 Å². The molecule has 1 atom stereocenters. The maximum absolute atomic E-state index is 2.34. The first-order valence-electron chi connectivity index (χ1n) is 4.86. The van der Waals surface area contributed by atoms with Crippen LogP contribution in [0.15, 0.2) is 11.6 Å². The highest BCUT2D eigenvalue weighted by atomic mass is 14.0. The molecule has 0 saturated carbocycles. The Morgan fingerprint density at radius 3 is 2.45 bits per heavy atom. The summed E-state index contributed by atoms with van der Waals surface area (Å²) in [7, 11) is 0. The zero-order chi connectivity index (χ0) is 8.69. The molecule has 0 aliphatic rings. The fraction of sp³-hybridized carbons (Fsp3) is 0.818. The van der Waals surface area contributed by atoms with Crippen LogP contribution >= 0.6 is 0 Å². The highest BCUT2D eigenvalue weighted by Gasteiger charge is 1.97. The summed E-state index contributed by atoms with van der Waals surface area (Å²) in [6.07, 6.45) is 7.50. The number of allylic oxidation sites excluding steroid dienone is 2. The SMILES string of the molecule is CC/C=C(/C)CCC(C)CC. The van der Waals surface area contributed by atoms with Gasteiger partial charge in [0.05, 0.1) is 0 Å². The largest absolute Gasteiger partial charge is 0.0859 e. The first kappa shape index (κ1) is 10.7. The van der Waals surface area contributed by atoms with Crippen LogP contribution in [0.2, 0.25) is 0 Å². The maximum Gasteiger partial charge on any atom is -0.0321 e. The highest BCUT2D eigenvalue weighted by Crippen LogP contribution is 2.14. The highest BCUT2D eigenvalue weighted by molar-refractivity contribution is 4.97. The molecule has 0 aliphatic heterocycles. The predicted molar refractivity (Wildman–Crippen MR) is 52.7 cm³/mol. The molecule has 0 N–H and O–H groups in total. The molecule has 0 heterocycles. The smallest absolute Gasteiger partial charge is 0.0321 e. The minimum absolute atomic E-state index is 0.898. The molecule has 0 aliphatic carbocycles. The molecule has 0 fully saturated rings. The van der Waals surface area contributed by atoms with Crippen LogP contribution < -0.4 is 0 Å². The lowest BCUT2D eigenvalue weighted by molar-refractivity contribution is 0.515. The van der Waals surface area contributed by atoms with E-state index in [1.54, 1.807) is 5.57 Å². The molecular weight excluding hydrogens is 132 g/mol. The number of hydrogen-bond donors (Lipinski definition) is 0. The van der Waals surface area contributed by atoms with Crippen LogP contribution in [0.1, 0.15) is 53.4 Å². The minimum atomic E-state index is 0.898. The van der Waals surface area contributed by atoms with Crippen LogP contribution in [0.5, 0.6) is 0 Å². The van der Waals surface area contributed by atoms with E-state index >= 15 is 0 Å². The van der Waals surface area contributed by atoms with Gasteiger partial charge >= 0.3 is 0 Å². The van der Waals surface area contributed by atoms with Gasteiger partial charge in [-0.15, -0.1) is 0 Å². The van der Waals surface area contributed by atoms with Crippen molar-refractivity contribution in [2.45, 2.75) is 53.4 Å². The number of hydrogen-bond acceptors (Lipinski definition) is 0. The molecule has 66 valence electrons. The Labute approximate surface area is 71.7 Å². The second kappa shape index (κ2) is 6.45. The van der Waals surface area contributed by atoms with Crippen molar-refractivity contribution >= 4 is 0 Å². The van der Waals surface area contributed by atoms with Crippen LogP contribution in [0.4, 0.5) is 0 Å². The lowest BCUT2D eigenvalue weighted by Gasteiger charge is -2.07. The van der Waals surface area contributed by atoms with Crippen molar-refractivity contribution in [2.75, 3.05) is 0 Å². The van der Waals surface area contributed by atoms with E-state index in [0.717, 1.165) is 5.92 Å². The quantitative estimate of drug-likeness (QED) is 0.521. The molecule has 0 rings (SSSR count).